The van der Waals surface area contributed by atoms with Crippen LogP contribution in [-0.4, -0.2) is 42.1 Å². The van der Waals surface area contributed by atoms with Gasteiger partial charge in [-0.3, -0.25) is 0 Å². The van der Waals surface area contributed by atoms with E-state index in [1.165, 1.54) is 38.8 Å². The molecule has 1 aliphatic carbocycles. The van der Waals surface area contributed by atoms with Crippen molar-refractivity contribution in [2.45, 2.75) is 38.2 Å². The van der Waals surface area contributed by atoms with E-state index in [4.69, 9.17) is 4.74 Å². The summed E-state index contributed by atoms with van der Waals surface area (Å²) >= 11 is 0. The zero-order chi connectivity index (χ0) is 13.3. The van der Waals surface area contributed by atoms with Gasteiger partial charge in [-0.25, -0.2) is 9.97 Å². The smallest absolute Gasteiger partial charge is 0.131 e. The molecule has 1 spiro atoms. The monoisotopic (exact) mass is 261 g/mol. The van der Waals surface area contributed by atoms with Crippen LogP contribution in [-0.2, 0) is 11.3 Å². The van der Waals surface area contributed by atoms with Gasteiger partial charge in [0.25, 0.3) is 0 Å². The van der Waals surface area contributed by atoms with Crippen molar-refractivity contribution < 1.29 is 4.74 Å². The molecule has 0 radical (unpaired) electrons. The maximum Gasteiger partial charge on any atom is 0.131 e. The third-order valence-corrected chi connectivity index (χ3v) is 4.72. The molecule has 2 atom stereocenters. The van der Waals surface area contributed by atoms with Gasteiger partial charge in [-0.05, 0) is 50.8 Å². The Bertz CT molecular complexity index is 451. The van der Waals surface area contributed by atoms with E-state index in [0.717, 1.165) is 11.5 Å². The minimum atomic E-state index is 0.542. The molecule has 19 heavy (non-hydrogen) atoms. The first-order valence-corrected chi connectivity index (χ1v) is 7.20. The lowest BCUT2D eigenvalue weighted by Crippen LogP contribution is -2.22. The van der Waals surface area contributed by atoms with Crippen molar-refractivity contribution in [2.24, 2.45) is 5.41 Å². The second kappa shape index (κ2) is 5.17. The molecular weight excluding hydrogens is 238 g/mol. The number of hydrogen-bond donors (Lipinski definition) is 0. The molecule has 0 aromatic carbocycles. The zero-order valence-corrected chi connectivity index (χ0v) is 11.9. The second-order valence-corrected chi connectivity index (χ2v) is 6.27. The number of nitrogens with zero attached hydrogens (tertiary/aromatic N) is 3. The Kier molecular flexibility index (Phi) is 3.54. The summed E-state index contributed by atoms with van der Waals surface area (Å²) in [6, 6.07) is 1.95. The molecule has 1 aromatic rings. The van der Waals surface area contributed by atoms with Gasteiger partial charge in [0.2, 0.25) is 0 Å². The minimum absolute atomic E-state index is 0.542. The van der Waals surface area contributed by atoms with Gasteiger partial charge in [0.1, 0.15) is 5.82 Å². The predicted molar refractivity (Wildman–Crippen MR) is 73.9 cm³/mol. The van der Waals surface area contributed by atoms with Crippen LogP contribution in [0.1, 0.15) is 43.1 Å². The molecule has 104 valence electrons. The van der Waals surface area contributed by atoms with E-state index in [9.17, 15) is 0 Å². The minimum Gasteiger partial charge on any atom is -0.378 e. The molecule has 2 unspecified atom stereocenters. The third kappa shape index (κ3) is 2.65. The molecular formula is C15H23N3O. The lowest BCUT2D eigenvalue weighted by molar-refractivity contribution is 0.181. The van der Waals surface area contributed by atoms with E-state index in [2.05, 4.69) is 21.9 Å². The average Bonchev–Trinajstić information content (AvgIpc) is 2.98. The highest BCUT2D eigenvalue weighted by Crippen LogP contribution is 2.50. The van der Waals surface area contributed by atoms with E-state index in [1.54, 1.807) is 7.11 Å². The Labute approximate surface area is 115 Å². The van der Waals surface area contributed by atoms with Gasteiger partial charge in [0, 0.05) is 25.8 Å². The molecule has 4 heteroatoms. The quantitative estimate of drug-likeness (QED) is 0.836. The molecule has 4 nitrogen and oxygen atoms in total. The van der Waals surface area contributed by atoms with Crippen molar-refractivity contribution in [1.29, 1.82) is 0 Å². The molecule has 3 rings (SSSR count). The molecule has 2 heterocycles. The van der Waals surface area contributed by atoms with Crippen LogP contribution in [0.5, 0.6) is 0 Å². The van der Waals surface area contributed by atoms with Crippen molar-refractivity contribution in [3.8, 4) is 0 Å². The van der Waals surface area contributed by atoms with E-state index < -0.39 is 0 Å². The topological polar surface area (TPSA) is 38.2 Å². The highest BCUT2D eigenvalue weighted by atomic mass is 16.5. The first-order chi connectivity index (χ1) is 9.21. The summed E-state index contributed by atoms with van der Waals surface area (Å²) in [7, 11) is 3.94. The van der Waals surface area contributed by atoms with E-state index in [-0.39, 0.29) is 0 Å². The highest BCUT2D eigenvalue weighted by Gasteiger charge is 2.44. The summed E-state index contributed by atoms with van der Waals surface area (Å²) in [6.45, 7) is 3.08. The fourth-order valence-electron chi connectivity index (χ4n) is 3.79. The normalized spacial score (nSPS) is 31.4. The summed E-state index contributed by atoms with van der Waals surface area (Å²) in [5.74, 6) is 1.57. The fourth-order valence-corrected chi connectivity index (χ4v) is 3.79. The Balaban J connectivity index is 1.72. The number of likely N-dealkylation sites (tertiary alicyclic amines) is 1. The Morgan fingerprint density at radius 2 is 2.37 bits per heavy atom. The molecule has 0 amide bonds. The first-order valence-electron chi connectivity index (χ1n) is 7.20. The largest absolute Gasteiger partial charge is 0.378 e. The maximum absolute atomic E-state index is 5.16. The van der Waals surface area contributed by atoms with Crippen LogP contribution in [0.3, 0.4) is 0 Å². The predicted octanol–water partition coefficient (Wildman–Crippen LogP) is 2.21. The van der Waals surface area contributed by atoms with E-state index >= 15 is 0 Å². The summed E-state index contributed by atoms with van der Waals surface area (Å²) < 4.78 is 5.16. The number of rotatable bonds is 3. The van der Waals surface area contributed by atoms with Crippen LogP contribution < -0.4 is 0 Å². The van der Waals surface area contributed by atoms with Crippen LogP contribution in [0.25, 0.3) is 0 Å². The highest BCUT2D eigenvalue weighted by molar-refractivity contribution is 5.10. The van der Waals surface area contributed by atoms with Gasteiger partial charge in [-0.1, -0.05) is 0 Å². The van der Waals surface area contributed by atoms with Crippen molar-refractivity contribution in [1.82, 2.24) is 14.9 Å². The summed E-state index contributed by atoms with van der Waals surface area (Å²) in [4.78, 5) is 11.6. The number of hydrogen-bond acceptors (Lipinski definition) is 4. The number of ether oxygens (including phenoxy) is 1. The molecule has 1 aliphatic heterocycles. The lowest BCUT2D eigenvalue weighted by atomic mass is 9.84. The van der Waals surface area contributed by atoms with Gasteiger partial charge in [0.05, 0.1) is 12.3 Å². The Morgan fingerprint density at radius 3 is 3.11 bits per heavy atom. The van der Waals surface area contributed by atoms with Crippen molar-refractivity contribution in [2.75, 3.05) is 27.2 Å². The summed E-state index contributed by atoms with van der Waals surface area (Å²) in [6.07, 6.45) is 7.05. The van der Waals surface area contributed by atoms with Gasteiger partial charge >= 0.3 is 0 Å². The van der Waals surface area contributed by atoms with Crippen molar-refractivity contribution >= 4 is 0 Å². The molecule has 1 saturated carbocycles. The fraction of sp³-hybridized carbons (Fsp3) is 0.733. The standard InChI is InChI=1S/C15H23N3O/c1-18-8-6-15(11-18)5-3-12(9-15)14-16-7-4-13(17-14)10-19-2/h4,7,12H,3,5-6,8-11H2,1-2H3. The number of aromatic nitrogens is 2. The Hall–Kier alpha value is -1.00. The van der Waals surface area contributed by atoms with Gasteiger partial charge in [-0.2, -0.15) is 0 Å². The maximum atomic E-state index is 5.16. The van der Waals surface area contributed by atoms with E-state index in [0.29, 0.717) is 17.9 Å². The molecule has 2 fully saturated rings. The molecule has 1 saturated heterocycles. The van der Waals surface area contributed by atoms with E-state index in [1.807, 2.05) is 12.3 Å². The van der Waals surface area contributed by atoms with Gasteiger partial charge in [0.15, 0.2) is 0 Å². The summed E-state index contributed by atoms with van der Waals surface area (Å²) in [5, 5.41) is 0. The second-order valence-electron chi connectivity index (χ2n) is 6.27. The van der Waals surface area contributed by atoms with Crippen LogP contribution >= 0.6 is 0 Å². The average molecular weight is 261 g/mol. The first kappa shape index (κ1) is 13.0. The number of methoxy groups -OCH3 is 1. The van der Waals surface area contributed by atoms with Crippen molar-refractivity contribution in [3.63, 3.8) is 0 Å². The summed E-state index contributed by atoms with van der Waals surface area (Å²) in [5.41, 5.74) is 1.54. The van der Waals surface area contributed by atoms with Crippen LogP contribution in [0.4, 0.5) is 0 Å². The SMILES string of the molecule is COCc1ccnc(C2CCC3(CCN(C)C3)C2)n1. The molecule has 0 bridgehead atoms. The molecule has 1 aromatic heterocycles. The Morgan fingerprint density at radius 1 is 1.47 bits per heavy atom. The molecule has 2 aliphatic rings. The van der Waals surface area contributed by atoms with Crippen LogP contribution in [0, 0.1) is 5.41 Å². The zero-order valence-electron chi connectivity index (χ0n) is 11.9. The van der Waals surface area contributed by atoms with Crippen LogP contribution in [0.15, 0.2) is 12.3 Å². The van der Waals surface area contributed by atoms with Crippen LogP contribution in [0.2, 0.25) is 0 Å². The molecule has 0 N–H and O–H groups in total. The lowest BCUT2D eigenvalue weighted by Gasteiger charge is -2.22. The van der Waals surface area contributed by atoms with Gasteiger partial charge in [-0.15, -0.1) is 0 Å². The van der Waals surface area contributed by atoms with Crippen molar-refractivity contribution in [3.05, 3.63) is 23.8 Å². The third-order valence-electron chi connectivity index (χ3n) is 4.72. The van der Waals surface area contributed by atoms with Gasteiger partial charge < -0.3 is 9.64 Å².